The zero-order valence-corrected chi connectivity index (χ0v) is 20.5. The zero-order chi connectivity index (χ0) is 24.1. The summed E-state index contributed by atoms with van der Waals surface area (Å²) in [6, 6.07) is 3.95. The van der Waals surface area contributed by atoms with Crippen LogP contribution in [0.5, 0.6) is 0 Å². The molecule has 2 aromatic heterocycles. The Morgan fingerprint density at radius 2 is 1.59 bits per heavy atom. The van der Waals surface area contributed by atoms with Crippen LogP contribution in [0.4, 0.5) is 22.4 Å². The van der Waals surface area contributed by atoms with Crippen LogP contribution >= 0.6 is 0 Å². The number of nitrogens with one attached hydrogen (secondary N) is 5. The van der Waals surface area contributed by atoms with E-state index >= 15 is 0 Å². The second kappa shape index (κ2) is 10.6. The van der Waals surface area contributed by atoms with Gasteiger partial charge in [0.15, 0.2) is 5.82 Å². The average molecular weight is 491 g/mol. The fraction of sp³-hybridized carbons (Fsp3) is 0.636. The van der Waals surface area contributed by atoms with Crippen LogP contribution in [0.15, 0.2) is 18.3 Å². The van der Waals surface area contributed by atoms with Gasteiger partial charge in [-0.3, -0.25) is 5.10 Å². The van der Waals surface area contributed by atoms with Crippen LogP contribution in [0, 0.1) is 6.92 Å². The van der Waals surface area contributed by atoms with Crippen LogP contribution in [0.25, 0.3) is 0 Å². The highest BCUT2D eigenvalue weighted by Gasteiger charge is 2.29. The normalized spacial score (nSPS) is 25.4. The summed E-state index contributed by atoms with van der Waals surface area (Å²) in [6.45, 7) is 1.94. The highest BCUT2D eigenvalue weighted by Crippen LogP contribution is 2.25. The lowest BCUT2D eigenvalue weighted by Crippen LogP contribution is -2.49. The van der Waals surface area contributed by atoms with Gasteiger partial charge in [0.05, 0.1) is 5.25 Å². The molecule has 0 spiro atoms. The van der Waals surface area contributed by atoms with Gasteiger partial charge in [0.1, 0.15) is 15.7 Å². The molecule has 2 fully saturated rings. The van der Waals surface area contributed by atoms with Crippen molar-refractivity contribution >= 4 is 33.5 Å². The Balaban J connectivity index is 1.17. The quantitative estimate of drug-likeness (QED) is 0.397. The van der Waals surface area contributed by atoms with E-state index in [0.717, 1.165) is 31.4 Å². The fourth-order valence-electron chi connectivity index (χ4n) is 4.72. The molecule has 2 aliphatic carbocycles. The summed E-state index contributed by atoms with van der Waals surface area (Å²) in [5, 5.41) is 19.4. The lowest BCUT2D eigenvalue weighted by atomic mass is 9.91. The Labute approximate surface area is 200 Å². The monoisotopic (exact) mass is 490 g/mol. The molecule has 2 aliphatic rings. The van der Waals surface area contributed by atoms with Crippen LogP contribution < -0.4 is 21.3 Å². The first-order chi connectivity index (χ1) is 16.2. The first kappa shape index (κ1) is 24.2. The molecule has 0 radical (unpaired) electrons. The molecule has 4 rings (SSSR count). The van der Waals surface area contributed by atoms with E-state index in [1.54, 1.807) is 12.3 Å². The van der Waals surface area contributed by atoms with Crippen LogP contribution in [-0.2, 0) is 9.84 Å². The molecule has 186 valence electrons. The van der Waals surface area contributed by atoms with E-state index in [1.807, 2.05) is 13.0 Å². The molecule has 2 aromatic rings. The average Bonchev–Trinajstić information content (AvgIpc) is 3.19. The van der Waals surface area contributed by atoms with Crippen molar-refractivity contribution in [2.24, 2.45) is 0 Å². The number of hydrogen-bond donors (Lipinski definition) is 5. The third-order valence-corrected chi connectivity index (χ3v) is 8.31. The molecule has 0 aromatic carbocycles. The summed E-state index contributed by atoms with van der Waals surface area (Å²) >= 11 is 0. The number of aromatic amines is 1. The van der Waals surface area contributed by atoms with Gasteiger partial charge < -0.3 is 21.3 Å². The summed E-state index contributed by atoms with van der Waals surface area (Å²) < 4.78 is 23.4. The minimum Gasteiger partial charge on any atom is -0.351 e. The summed E-state index contributed by atoms with van der Waals surface area (Å²) in [5.41, 5.74) is 0.966. The lowest BCUT2D eigenvalue weighted by Gasteiger charge is -2.31. The fourth-order valence-corrected chi connectivity index (χ4v) is 5.85. The van der Waals surface area contributed by atoms with Gasteiger partial charge >= 0.3 is 6.03 Å². The molecular weight excluding hydrogens is 456 g/mol. The Hall–Kier alpha value is -2.89. The first-order valence-corrected chi connectivity index (χ1v) is 13.8. The van der Waals surface area contributed by atoms with Crippen LogP contribution in [-0.4, -0.2) is 64.2 Å². The summed E-state index contributed by atoms with van der Waals surface area (Å²) in [6.07, 6.45) is 9.19. The number of sulfone groups is 1. The number of rotatable bonds is 7. The van der Waals surface area contributed by atoms with Gasteiger partial charge in [0.25, 0.3) is 0 Å². The number of hydrogen-bond acceptors (Lipinski definition) is 8. The number of aromatic nitrogens is 4. The maximum atomic E-state index is 12.4. The highest BCUT2D eigenvalue weighted by molar-refractivity contribution is 7.91. The van der Waals surface area contributed by atoms with Gasteiger partial charge in [-0.2, -0.15) is 10.1 Å². The second-order valence-corrected chi connectivity index (χ2v) is 11.8. The third kappa shape index (κ3) is 6.81. The van der Waals surface area contributed by atoms with E-state index in [9.17, 15) is 13.2 Å². The molecule has 0 bridgehead atoms. The van der Waals surface area contributed by atoms with Crippen molar-refractivity contribution < 1.29 is 13.2 Å². The van der Waals surface area contributed by atoms with Crippen LogP contribution in [0.3, 0.4) is 0 Å². The summed E-state index contributed by atoms with van der Waals surface area (Å²) in [4.78, 5) is 21.3. The SMILES string of the molecule is Cc1cc(Nc2ccnc(NC3CCC(NC(=O)NC4CCC(S(C)(=O)=O)CC4)CC3)n2)n[nH]1. The number of carbonyl (C=O) groups excluding carboxylic acids is 1. The Kier molecular flexibility index (Phi) is 7.54. The number of anilines is 3. The van der Waals surface area contributed by atoms with Crippen molar-refractivity contribution in [1.29, 1.82) is 0 Å². The zero-order valence-electron chi connectivity index (χ0n) is 19.7. The Bertz CT molecular complexity index is 1070. The van der Waals surface area contributed by atoms with E-state index in [1.165, 1.54) is 6.26 Å². The number of carbonyl (C=O) groups is 1. The van der Waals surface area contributed by atoms with E-state index in [0.29, 0.717) is 43.3 Å². The topological polar surface area (TPSA) is 154 Å². The molecule has 0 unspecified atom stereocenters. The molecule has 11 nitrogen and oxygen atoms in total. The third-order valence-electron chi connectivity index (χ3n) is 6.63. The van der Waals surface area contributed by atoms with Crippen molar-refractivity contribution in [1.82, 2.24) is 30.8 Å². The predicted molar refractivity (Wildman–Crippen MR) is 131 cm³/mol. The van der Waals surface area contributed by atoms with Crippen molar-refractivity contribution in [3.8, 4) is 0 Å². The second-order valence-electron chi connectivity index (χ2n) is 9.44. The van der Waals surface area contributed by atoms with E-state index in [2.05, 4.69) is 41.4 Å². The number of H-pyrrole nitrogens is 1. The van der Waals surface area contributed by atoms with Gasteiger partial charge in [-0.25, -0.2) is 18.2 Å². The van der Waals surface area contributed by atoms with Gasteiger partial charge in [0.2, 0.25) is 5.95 Å². The molecular formula is C22H34N8O3S. The maximum absolute atomic E-state index is 12.4. The van der Waals surface area contributed by atoms with E-state index in [4.69, 9.17) is 0 Å². The van der Waals surface area contributed by atoms with Crippen LogP contribution in [0.2, 0.25) is 0 Å². The molecule has 5 N–H and O–H groups in total. The van der Waals surface area contributed by atoms with Crippen molar-refractivity contribution in [2.45, 2.75) is 81.7 Å². The number of urea groups is 1. The molecule has 0 atom stereocenters. The Morgan fingerprint density at radius 3 is 2.18 bits per heavy atom. The summed E-state index contributed by atoms with van der Waals surface area (Å²) in [5.74, 6) is 1.94. The molecule has 0 aliphatic heterocycles. The van der Waals surface area contributed by atoms with E-state index < -0.39 is 9.84 Å². The van der Waals surface area contributed by atoms with Gasteiger partial charge in [-0.05, 0) is 64.4 Å². The highest BCUT2D eigenvalue weighted by atomic mass is 32.2. The lowest BCUT2D eigenvalue weighted by molar-refractivity contribution is 0.224. The van der Waals surface area contributed by atoms with Gasteiger partial charge in [-0.15, -0.1) is 0 Å². The summed E-state index contributed by atoms with van der Waals surface area (Å²) in [7, 11) is -3.00. The smallest absolute Gasteiger partial charge is 0.315 e. The Morgan fingerprint density at radius 1 is 0.971 bits per heavy atom. The number of amides is 2. The van der Waals surface area contributed by atoms with Gasteiger partial charge in [0, 0.05) is 42.3 Å². The van der Waals surface area contributed by atoms with E-state index in [-0.39, 0.29) is 29.4 Å². The number of aryl methyl sites for hydroxylation is 1. The molecule has 2 saturated carbocycles. The largest absolute Gasteiger partial charge is 0.351 e. The standard InChI is InChI=1S/C22H34N8O3S/c1-14-13-20(30-29-14)27-19-11-12-23-21(28-19)24-15-3-5-16(6-4-15)25-22(31)26-17-7-9-18(10-8-17)34(2,32)33/h11-13,15-18H,3-10H2,1-2H3,(H2,25,26,31)(H3,23,24,27,28,29,30). The molecule has 2 heterocycles. The van der Waals surface area contributed by atoms with Crippen molar-refractivity contribution in [2.75, 3.05) is 16.9 Å². The van der Waals surface area contributed by atoms with Crippen molar-refractivity contribution in [3.05, 3.63) is 24.0 Å². The maximum Gasteiger partial charge on any atom is 0.315 e. The first-order valence-electron chi connectivity index (χ1n) is 11.9. The minimum atomic E-state index is -3.00. The predicted octanol–water partition coefficient (Wildman–Crippen LogP) is 2.63. The molecule has 12 heteroatoms. The molecule has 34 heavy (non-hydrogen) atoms. The van der Waals surface area contributed by atoms with Crippen molar-refractivity contribution in [3.63, 3.8) is 0 Å². The van der Waals surface area contributed by atoms with Gasteiger partial charge in [-0.1, -0.05) is 0 Å². The van der Waals surface area contributed by atoms with Crippen LogP contribution in [0.1, 0.15) is 57.1 Å². The minimum absolute atomic E-state index is 0.0411. The molecule has 2 amide bonds. The molecule has 0 saturated heterocycles. The number of nitrogens with zero attached hydrogens (tertiary/aromatic N) is 3.